The first kappa shape index (κ1) is 11.2. The van der Waals surface area contributed by atoms with Gasteiger partial charge >= 0.3 is 5.97 Å². The van der Waals surface area contributed by atoms with Crippen molar-refractivity contribution in [3.63, 3.8) is 0 Å². The van der Waals surface area contributed by atoms with Crippen LogP contribution in [0.1, 0.15) is 11.6 Å². The Labute approximate surface area is 89.2 Å². The number of benzene rings is 1. The molecule has 0 bridgehead atoms. The minimum absolute atomic E-state index is 0.0692. The lowest BCUT2D eigenvalue weighted by atomic mass is 10.1. The number of nitrogens with two attached hydrogens (primary N) is 1. The third kappa shape index (κ3) is 1.97. The Morgan fingerprint density at radius 3 is 2.57 bits per heavy atom. The summed E-state index contributed by atoms with van der Waals surface area (Å²) in [6.45, 7) is 0. The third-order valence-corrected chi connectivity index (χ3v) is 2.48. The van der Waals surface area contributed by atoms with Gasteiger partial charge in [-0.2, -0.15) is 0 Å². The lowest BCUT2D eigenvalue weighted by Gasteiger charge is -2.10. The van der Waals surface area contributed by atoms with Crippen LogP contribution in [-0.4, -0.2) is 11.1 Å². The molecule has 0 unspecified atom stereocenters. The molecule has 0 heterocycles. The molecule has 0 aliphatic rings. The number of aliphatic carboxylic acids is 1. The van der Waals surface area contributed by atoms with Crippen molar-refractivity contribution < 1.29 is 14.3 Å². The Balaban J connectivity index is 3.32. The monoisotopic (exact) mass is 237 g/mol. The first-order valence-corrected chi connectivity index (χ1v) is 4.32. The number of halogens is 3. The van der Waals surface area contributed by atoms with Crippen molar-refractivity contribution in [1.82, 2.24) is 0 Å². The fourth-order valence-electron chi connectivity index (χ4n) is 0.951. The maximum absolute atomic E-state index is 13.2. The molecule has 1 aromatic carbocycles. The van der Waals surface area contributed by atoms with Gasteiger partial charge in [-0.3, -0.25) is 4.79 Å². The van der Waals surface area contributed by atoms with Crippen LogP contribution in [0.15, 0.2) is 12.1 Å². The van der Waals surface area contributed by atoms with Crippen LogP contribution in [0.25, 0.3) is 0 Å². The summed E-state index contributed by atoms with van der Waals surface area (Å²) in [6.07, 6.45) is 0. The molecule has 0 radical (unpaired) electrons. The average Bonchev–Trinajstić information content (AvgIpc) is 2.12. The highest BCUT2D eigenvalue weighted by Crippen LogP contribution is 2.31. The van der Waals surface area contributed by atoms with Crippen LogP contribution in [0, 0.1) is 5.82 Å². The summed E-state index contributed by atoms with van der Waals surface area (Å²) in [5.74, 6) is -2.15. The Bertz CT molecular complexity index is 384. The predicted molar refractivity (Wildman–Crippen MR) is 51.0 cm³/mol. The van der Waals surface area contributed by atoms with Gasteiger partial charge in [0.1, 0.15) is 11.9 Å². The Morgan fingerprint density at radius 2 is 2.07 bits per heavy atom. The van der Waals surface area contributed by atoms with Gasteiger partial charge in [-0.05, 0) is 12.1 Å². The summed E-state index contributed by atoms with van der Waals surface area (Å²) in [5, 5.41) is 8.49. The van der Waals surface area contributed by atoms with E-state index in [0.29, 0.717) is 0 Å². The fourth-order valence-corrected chi connectivity index (χ4v) is 1.39. The molecule has 76 valence electrons. The van der Waals surface area contributed by atoms with E-state index in [-0.39, 0.29) is 15.6 Å². The van der Waals surface area contributed by atoms with Gasteiger partial charge in [-0.15, -0.1) is 0 Å². The average molecular weight is 238 g/mol. The highest BCUT2D eigenvalue weighted by molar-refractivity contribution is 6.42. The van der Waals surface area contributed by atoms with E-state index in [2.05, 4.69) is 0 Å². The summed E-state index contributed by atoms with van der Waals surface area (Å²) in [7, 11) is 0. The van der Waals surface area contributed by atoms with Crippen molar-refractivity contribution in [3.05, 3.63) is 33.6 Å². The minimum atomic E-state index is -1.51. The van der Waals surface area contributed by atoms with Gasteiger partial charge in [0.05, 0.1) is 10.0 Å². The molecule has 3 N–H and O–H groups in total. The van der Waals surface area contributed by atoms with Crippen molar-refractivity contribution in [2.24, 2.45) is 5.73 Å². The quantitative estimate of drug-likeness (QED) is 0.776. The van der Waals surface area contributed by atoms with E-state index in [1.54, 1.807) is 0 Å². The molecule has 0 saturated heterocycles. The van der Waals surface area contributed by atoms with Crippen molar-refractivity contribution in [3.8, 4) is 0 Å². The van der Waals surface area contributed by atoms with Gasteiger partial charge in [0.25, 0.3) is 0 Å². The fraction of sp³-hybridized carbons (Fsp3) is 0.125. The van der Waals surface area contributed by atoms with Gasteiger partial charge < -0.3 is 10.8 Å². The molecule has 1 atom stereocenters. The third-order valence-electron chi connectivity index (χ3n) is 1.66. The van der Waals surface area contributed by atoms with Gasteiger partial charge in [0, 0.05) is 5.56 Å². The number of hydrogen-bond acceptors (Lipinski definition) is 2. The van der Waals surface area contributed by atoms with E-state index < -0.39 is 17.8 Å². The van der Waals surface area contributed by atoms with Crippen molar-refractivity contribution >= 4 is 29.2 Å². The van der Waals surface area contributed by atoms with Gasteiger partial charge in [-0.1, -0.05) is 23.2 Å². The van der Waals surface area contributed by atoms with Crippen LogP contribution in [-0.2, 0) is 4.79 Å². The van der Waals surface area contributed by atoms with Crippen molar-refractivity contribution in [1.29, 1.82) is 0 Å². The molecule has 0 fully saturated rings. The van der Waals surface area contributed by atoms with E-state index in [9.17, 15) is 9.18 Å². The largest absolute Gasteiger partial charge is 0.480 e. The molecule has 0 aliphatic heterocycles. The molecule has 6 heteroatoms. The lowest BCUT2D eigenvalue weighted by Crippen LogP contribution is -2.22. The normalized spacial score (nSPS) is 12.6. The molecule has 0 aromatic heterocycles. The molecule has 0 aliphatic carbocycles. The van der Waals surface area contributed by atoms with E-state index in [4.69, 9.17) is 34.0 Å². The van der Waals surface area contributed by atoms with Crippen LogP contribution in [0.4, 0.5) is 4.39 Å². The molecular weight excluding hydrogens is 232 g/mol. The molecule has 3 nitrogen and oxygen atoms in total. The highest BCUT2D eigenvalue weighted by Gasteiger charge is 2.23. The molecule has 1 rings (SSSR count). The second kappa shape index (κ2) is 4.13. The van der Waals surface area contributed by atoms with Crippen LogP contribution in [0.3, 0.4) is 0 Å². The zero-order chi connectivity index (χ0) is 10.9. The van der Waals surface area contributed by atoms with E-state index in [1.807, 2.05) is 0 Å². The number of carbonyl (C=O) groups is 1. The van der Waals surface area contributed by atoms with E-state index in [0.717, 1.165) is 6.07 Å². The van der Waals surface area contributed by atoms with Gasteiger partial charge in [0.15, 0.2) is 0 Å². The number of rotatable bonds is 2. The van der Waals surface area contributed by atoms with E-state index in [1.165, 1.54) is 6.07 Å². The second-order valence-electron chi connectivity index (χ2n) is 2.57. The van der Waals surface area contributed by atoms with Gasteiger partial charge in [0.2, 0.25) is 0 Å². The Kier molecular flexibility index (Phi) is 3.31. The zero-order valence-corrected chi connectivity index (χ0v) is 8.31. The standard InChI is InChI=1S/C8H6Cl2FNO2/c9-3-1-2-4(11)5(6(3)10)7(12)8(13)14/h1-2,7H,12H2,(H,13,14)/t7-/m0/s1. The number of hydrogen-bond donors (Lipinski definition) is 2. The summed E-state index contributed by atoms with van der Waals surface area (Å²) in [6, 6.07) is 0.741. The van der Waals surface area contributed by atoms with Gasteiger partial charge in [-0.25, -0.2) is 4.39 Å². The molecular formula is C8H6Cl2FNO2. The lowest BCUT2D eigenvalue weighted by molar-refractivity contribution is -0.138. The maximum atomic E-state index is 13.2. The SMILES string of the molecule is N[C@H](C(=O)O)c1c(F)ccc(Cl)c1Cl. The van der Waals surface area contributed by atoms with Crippen LogP contribution < -0.4 is 5.73 Å². The van der Waals surface area contributed by atoms with Crippen LogP contribution >= 0.6 is 23.2 Å². The summed E-state index contributed by atoms with van der Waals surface area (Å²) < 4.78 is 13.2. The smallest absolute Gasteiger partial charge is 0.325 e. The Hall–Kier alpha value is -0.840. The Morgan fingerprint density at radius 1 is 1.50 bits per heavy atom. The van der Waals surface area contributed by atoms with E-state index >= 15 is 0 Å². The first-order valence-electron chi connectivity index (χ1n) is 3.57. The molecule has 0 amide bonds. The molecule has 0 saturated carbocycles. The summed E-state index contributed by atoms with van der Waals surface area (Å²) in [5.41, 5.74) is 4.93. The topological polar surface area (TPSA) is 63.3 Å². The second-order valence-corrected chi connectivity index (χ2v) is 3.36. The molecule has 1 aromatic rings. The predicted octanol–water partition coefficient (Wildman–Crippen LogP) is 2.22. The van der Waals surface area contributed by atoms with Crippen molar-refractivity contribution in [2.75, 3.05) is 0 Å². The molecule has 0 spiro atoms. The minimum Gasteiger partial charge on any atom is -0.480 e. The highest BCUT2D eigenvalue weighted by atomic mass is 35.5. The zero-order valence-electron chi connectivity index (χ0n) is 6.80. The summed E-state index contributed by atoms with van der Waals surface area (Å²) >= 11 is 11.2. The van der Waals surface area contributed by atoms with Crippen LogP contribution in [0.5, 0.6) is 0 Å². The van der Waals surface area contributed by atoms with Crippen molar-refractivity contribution in [2.45, 2.75) is 6.04 Å². The molecule has 14 heavy (non-hydrogen) atoms. The first-order chi connectivity index (χ1) is 6.45. The number of carboxylic acids is 1. The maximum Gasteiger partial charge on any atom is 0.325 e. The summed E-state index contributed by atoms with van der Waals surface area (Å²) in [4.78, 5) is 10.5. The van der Waals surface area contributed by atoms with Crippen LogP contribution in [0.2, 0.25) is 10.0 Å². The number of carboxylic acid groups (broad SMARTS) is 1.